The number of guanidine groups is 1. The van der Waals surface area contributed by atoms with Crippen molar-refractivity contribution in [3.05, 3.63) is 0 Å². The molecule has 2 aliphatic rings. The van der Waals surface area contributed by atoms with Gasteiger partial charge in [-0.25, -0.2) is 13.1 Å². The van der Waals surface area contributed by atoms with Crippen molar-refractivity contribution in [1.82, 2.24) is 15.4 Å². The first-order valence-electron chi connectivity index (χ1n) is 11.4. The summed E-state index contributed by atoms with van der Waals surface area (Å²) in [6, 6.07) is 0. The highest BCUT2D eigenvalue weighted by Gasteiger charge is 2.17. The Hall–Kier alpha value is -0.940. The molecule has 0 bridgehead atoms. The lowest BCUT2D eigenvalue weighted by Gasteiger charge is -2.22. The minimum absolute atomic E-state index is 0.00164. The number of aliphatic imine (C=N–C) groups is 1. The minimum Gasteiger partial charge on any atom is -0.381 e. The maximum absolute atomic E-state index is 12.2. The van der Waals surface area contributed by atoms with E-state index in [-0.39, 0.29) is 11.9 Å². The van der Waals surface area contributed by atoms with Gasteiger partial charge in [0.05, 0.1) is 11.9 Å². The second-order valence-electron chi connectivity index (χ2n) is 7.83. The van der Waals surface area contributed by atoms with Crippen LogP contribution < -0.4 is 15.4 Å². The Morgan fingerprint density at radius 2 is 1.97 bits per heavy atom. The maximum atomic E-state index is 12.2. The van der Waals surface area contributed by atoms with Crippen molar-refractivity contribution in [3.63, 3.8) is 0 Å². The zero-order valence-electron chi connectivity index (χ0n) is 18.4. The fraction of sp³-hybridized carbons (Fsp3) is 0.950. The van der Waals surface area contributed by atoms with Gasteiger partial charge in [-0.2, -0.15) is 0 Å². The van der Waals surface area contributed by atoms with E-state index < -0.39 is 10.0 Å². The van der Waals surface area contributed by atoms with Gasteiger partial charge < -0.3 is 24.8 Å². The third-order valence-electron chi connectivity index (χ3n) is 5.22. The summed E-state index contributed by atoms with van der Waals surface area (Å²) in [5.41, 5.74) is 0. The summed E-state index contributed by atoms with van der Waals surface area (Å²) < 4.78 is 43.7. The van der Waals surface area contributed by atoms with Crippen LogP contribution >= 0.6 is 0 Å². The first-order valence-corrected chi connectivity index (χ1v) is 13.0. The molecule has 0 aromatic heterocycles. The summed E-state index contributed by atoms with van der Waals surface area (Å²) in [6.45, 7) is 7.86. The number of hydrogen-bond acceptors (Lipinski definition) is 6. The number of sulfonamides is 1. The van der Waals surface area contributed by atoms with E-state index in [9.17, 15) is 8.42 Å². The van der Waals surface area contributed by atoms with Gasteiger partial charge in [-0.3, -0.25) is 4.99 Å². The average Bonchev–Trinajstić information content (AvgIpc) is 2.76. The predicted octanol–water partition coefficient (Wildman–Crippen LogP) is 0.863. The van der Waals surface area contributed by atoms with Gasteiger partial charge in [-0.05, 0) is 51.4 Å². The van der Waals surface area contributed by atoms with E-state index in [4.69, 9.17) is 14.2 Å². The molecule has 0 aromatic rings. The minimum atomic E-state index is -3.34. The quantitative estimate of drug-likeness (QED) is 0.218. The van der Waals surface area contributed by atoms with Crippen LogP contribution in [0.1, 0.15) is 45.4 Å². The molecule has 0 spiro atoms. The predicted molar refractivity (Wildman–Crippen MR) is 118 cm³/mol. The Balaban J connectivity index is 1.57. The summed E-state index contributed by atoms with van der Waals surface area (Å²) in [5.74, 6) is 1.24. The van der Waals surface area contributed by atoms with Gasteiger partial charge in [0.15, 0.2) is 5.96 Å². The number of nitrogens with one attached hydrogen (secondary N) is 3. The van der Waals surface area contributed by atoms with Gasteiger partial charge in [0.2, 0.25) is 10.0 Å². The summed E-state index contributed by atoms with van der Waals surface area (Å²) in [7, 11) is -3.34. The lowest BCUT2D eigenvalue weighted by Crippen LogP contribution is -2.42. The molecular formula is C20H40N4O5S. The first kappa shape index (κ1) is 25.3. The Labute approximate surface area is 181 Å². The average molecular weight is 449 g/mol. The first-order chi connectivity index (χ1) is 14.6. The van der Waals surface area contributed by atoms with Crippen LogP contribution in [0.25, 0.3) is 0 Å². The van der Waals surface area contributed by atoms with Crippen molar-refractivity contribution in [1.29, 1.82) is 0 Å². The molecule has 0 radical (unpaired) electrons. The third kappa shape index (κ3) is 11.5. The molecule has 30 heavy (non-hydrogen) atoms. The zero-order chi connectivity index (χ0) is 21.5. The third-order valence-corrected chi connectivity index (χ3v) is 6.57. The van der Waals surface area contributed by atoms with Crippen LogP contribution in [-0.4, -0.2) is 85.4 Å². The van der Waals surface area contributed by atoms with Gasteiger partial charge in [-0.1, -0.05) is 0 Å². The van der Waals surface area contributed by atoms with Crippen LogP contribution in [-0.2, 0) is 24.2 Å². The summed E-state index contributed by atoms with van der Waals surface area (Å²) in [4.78, 5) is 4.50. The normalized spacial score (nSPS) is 21.5. The van der Waals surface area contributed by atoms with E-state index >= 15 is 0 Å². The SMILES string of the molecule is CCNC(=NCCCOCC1CCOCC1)NCCS(=O)(=O)NCC1CCCCO1. The standard InChI is InChI=1S/C20H40N4O5S/c1-2-21-20(22-9-5-11-28-17-18-7-13-27-14-8-18)23-10-15-30(25,26)24-16-19-6-3-4-12-29-19/h18-19,24H,2-17H2,1H3,(H2,21,22,23). The van der Waals surface area contributed by atoms with Crippen LogP contribution in [0, 0.1) is 5.92 Å². The molecule has 1 atom stereocenters. The van der Waals surface area contributed by atoms with Crippen molar-refractivity contribution in [3.8, 4) is 0 Å². The smallest absolute Gasteiger partial charge is 0.213 e. The number of nitrogens with zero attached hydrogens (tertiary/aromatic N) is 1. The molecule has 1 unspecified atom stereocenters. The van der Waals surface area contributed by atoms with Crippen molar-refractivity contribution in [2.45, 2.75) is 51.6 Å². The molecule has 0 saturated carbocycles. The highest BCUT2D eigenvalue weighted by molar-refractivity contribution is 7.89. The van der Waals surface area contributed by atoms with Crippen LogP contribution in [0.15, 0.2) is 4.99 Å². The van der Waals surface area contributed by atoms with Crippen molar-refractivity contribution in [2.24, 2.45) is 10.9 Å². The Morgan fingerprint density at radius 1 is 1.13 bits per heavy atom. The van der Waals surface area contributed by atoms with Gasteiger partial charge in [0.1, 0.15) is 0 Å². The topological polar surface area (TPSA) is 110 Å². The van der Waals surface area contributed by atoms with E-state index in [1.54, 1.807) is 0 Å². The van der Waals surface area contributed by atoms with Crippen LogP contribution in [0.3, 0.4) is 0 Å². The van der Waals surface area contributed by atoms with Gasteiger partial charge in [-0.15, -0.1) is 0 Å². The van der Waals surface area contributed by atoms with Gasteiger partial charge in [0, 0.05) is 59.2 Å². The second-order valence-corrected chi connectivity index (χ2v) is 9.75. The molecule has 0 amide bonds. The van der Waals surface area contributed by atoms with E-state index in [0.29, 0.717) is 38.1 Å². The highest BCUT2D eigenvalue weighted by atomic mass is 32.2. The van der Waals surface area contributed by atoms with Crippen LogP contribution in [0.5, 0.6) is 0 Å². The van der Waals surface area contributed by atoms with E-state index in [0.717, 1.165) is 71.5 Å². The largest absolute Gasteiger partial charge is 0.381 e. The molecule has 9 nitrogen and oxygen atoms in total. The van der Waals surface area contributed by atoms with E-state index in [1.165, 1.54) is 0 Å². The monoisotopic (exact) mass is 448 g/mol. The Morgan fingerprint density at radius 3 is 2.70 bits per heavy atom. The molecule has 3 N–H and O–H groups in total. The lowest BCUT2D eigenvalue weighted by molar-refractivity contribution is 0.0200. The van der Waals surface area contributed by atoms with Crippen molar-refractivity contribution < 1.29 is 22.6 Å². The molecule has 0 aromatic carbocycles. The molecular weight excluding hydrogens is 408 g/mol. The number of hydrogen-bond donors (Lipinski definition) is 3. The van der Waals surface area contributed by atoms with Crippen molar-refractivity contribution >= 4 is 16.0 Å². The fourth-order valence-electron chi connectivity index (χ4n) is 3.43. The second kappa shape index (κ2) is 15.0. The molecule has 0 aliphatic carbocycles. The summed E-state index contributed by atoms with van der Waals surface area (Å²) in [6.07, 6.45) is 6.06. The highest BCUT2D eigenvalue weighted by Crippen LogP contribution is 2.14. The number of ether oxygens (including phenoxy) is 3. The molecule has 2 rings (SSSR count). The Kier molecular flexibility index (Phi) is 12.6. The summed E-state index contributed by atoms with van der Waals surface area (Å²) in [5, 5.41) is 6.24. The van der Waals surface area contributed by atoms with Crippen LogP contribution in [0.4, 0.5) is 0 Å². The van der Waals surface area contributed by atoms with Crippen molar-refractivity contribution in [2.75, 3.05) is 65.0 Å². The molecule has 2 heterocycles. The number of rotatable bonds is 13. The lowest BCUT2D eigenvalue weighted by atomic mass is 10.0. The molecule has 2 aliphatic heterocycles. The fourth-order valence-corrected chi connectivity index (χ4v) is 4.38. The van der Waals surface area contributed by atoms with E-state index in [2.05, 4.69) is 20.3 Å². The molecule has 176 valence electrons. The summed E-state index contributed by atoms with van der Waals surface area (Å²) >= 11 is 0. The zero-order valence-corrected chi connectivity index (χ0v) is 19.2. The van der Waals surface area contributed by atoms with Gasteiger partial charge >= 0.3 is 0 Å². The van der Waals surface area contributed by atoms with E-state index in [1.807, 2.05) is 6.92 Å². The van der Waals surface area contributed by atoms with Crippen LogP contribution in [0.2, 0.25) is 0 Å². The molecule has 2 saturated heterocycles. The maximum Gasteiger partial charge on any atom is 0.213 e. The van der Waals surface area contributed by atoms with Gasteiger partial charge in [0.25, 0.3) is 0 Å². The molecule has 2 fully saturated rings. The Bertz CT molecular complexity index is 576. The molecule has 10 heteroatoms.